The number of hydrogen-bond acceptors (Lipinski definition) is 2. The van der Waals surface area contributed by atoms with Crippen LogP contribution in [0.1, 0.15) is 40.0 Å². The summed E-state index contributed by atoms with van der Waals surface area (Å²) in [6.45, 7) is 6.27. The standard InChI is InChI=1S/C5H12N.C4H9O.CH3.ClH.Sn/c1-3-4-5(2)6;1-3-4(2)5;;;/h5H,1,3-4,6H2,2H3;4H,3H2,1-2H3;1H3;1H;/q;-1;;;+2/p-1. The van der Waals surface area contributed by atoms with Gasteiger partial charge in [-0.05, 0) is 0 Å². The Morgan fingerprint density at radius 1 is 1.43 bits per heavy atom. The van der Waals surface area contributed by atoms with Gasteiger partial charge < -0.3 is 0 Å². The van der Waals surface area contributed by atoms with Crippen molar-refractivity contribution in [2.75, 3.05) is 0 Å². The average molecular weight is 328 g/mol. The third-order valence-corrected chi connectivity index (χ3v) is 10.3. The molecule has 0 aliphatic rings. The fourth-order valence-electron chi connectivity index (χ4n) is 1.30. The van der Waals surface area contributed by atoms with Gasteiger partial charge in [0.1, 0.15) is 0 Å². The zero-order valence-corrected chi connectivity index (χ0v) is 13.5. The Labute approximate surface area is 96.7 Å². The summed E-state index contributed by atoms with van der Waals surface area (Å²) in [5, 5.41) is 0. The van der Waals surface area contributed by atoms with Gasteiger partial charge in [0.2, 0.25) is 0 Å². The van der Waals surface area contributed by atoms with Crippen molar-refractivity contribution in [3.63, 3.8) is 0 Å². The van der Waals surface area contributed by atoms with Gasteiger partial charge in [-0.25, -0.2) is 0 Å². The van der Waals surface area contributed by atoms with Crippen LogP contribution in [0.2, 0.25) is 9.38 Å². The second-order valence-electron chi connectivity index (χ2n) is 4.31. The molecule has 0 saturated carbocycles. The molecule has 0 aliphatic carbocycles. The first kappa shape index (κ1) is 15.0. The molecular formula is C10H24ClNOSn. The Hall–Kier alpha value is 1.01. The number of halogens is 1. The molecule has 3 unspecified atom stereocenters. The molecule has 4 heteroatoms. The summed E-state index contributed by atoms with van der Waals surface area (Å²) in [6, 6.07) is 0.289. The van der Waals surface area contributed by atoms with Crippen molar-refractivity contribution in [2.45, 2.75) is 61.6 Å². The Bertz CT molecular complexity index is 153. The van der Waals surface area contributed by atoms with E-state index in [0.29, 0.717) is 6.10 Å². The Balaban J connectivity index is 3.71. The minimum absolute atomic E-state index is 0.289. The molecule has 0 aromatic carbocycles. The van der Waals surface area contributed by atoms with E-state index < -0.39 is 17.7 Å². The van der Waals surface area contributed by atoms with Crippen LogP contribution in [0.25, 0.3) is 0 Å². The van der Waals surface area contributed by atoms with Crippen molar-refractivity contribution in [2.24, 2.45) is 5.73 Å². The van der Waals surface area contributed by atoms with Crippen LogP contribution in [-0.4, -0.2) is 29.8 Å². The first-order valence-corrected chi connectivity index (χ1v) is 15.1. The topological polar surface area (TPSA) is 35.2 Å². The molecule has 0 bridgehead atoms. The summed E-state index contributed by atoms with van der Waals surface area (Å²) in [6.07, 6.45) is 3.54. The van der Waals surface area contributed by atoms with E-state index in [0.717, 1.165) is 23.7 Å². The number of nitrogens with two attached hydrogens (primary N) is 1. The van der Waals surface area contributed by atoms with Gasteiger partial charge in [0.05, 0.1) is 0 Å². The number of hydrogen-bond donors (Lipinski definition) is 1. The molecule has 0 heterocycles. The van der Waals surface area contributed by atoms with Crippen LogP contribution >= 0.6 is 8.92 Å². The van der Waals surface area contributed by atoms with E-state index in [-0.39, 0.29) is 6.04 Å². The second kappa shape index (κ2) is 7.31. The first-order valence-electron chi connectivity index (χ1n) is 5.49. The summed E-state index contributed by atoms with van der Waals surface area (Å²) in [4.78, 5) is 2.14. The number of rotatable bonds is 7. The molecule has 86 valence electrons. The van der Waals surface area contributed by atoms with Crippen molar-refractivity contribution in [1.29, 1.82) is 0 Å². The molecule has 0 spiro atoms. The van der Waals surface area contributed by atoms with Gasteiger partial charge in [-0.2, -0.15) is 0 Å². The van der Waals surface area contributed by atoms with Crippen LogP contribution in [-0.2, 0) is 3.07 Å². The molecule has 0 amide bonds. The molecule has 0 radical (unpaired) electrons. The summed E-state index contributed by atoms with van der Waals surface area (Å²) < 4.78 is 6.97. The van der Waals surface area contributed by atoms with Gasteiger partial charge >= 0.3 is 96.9 Å². The van der Waals surface area contributed by atoms with Crippen LogP contribution < -0.4 is 5.73 Å². The molecular weight excluding hydrogens is 304 g/mol. The van der Waals surface area contributed by atoms with E-state index in [2.05, 4.69) is 18.8 Å². The van der Waals surface area contributed by atoms with E-state index in [1.165, 1.54) is 0 Å². The summed E-state index contributed by atoms with van der Waals surface area (Å²) >= 11 is -2.66. The zero-order valence-electron chi connectivity index (χ0n) is 9.85. The van der Waals surface area contributed by atoms with E-state index in [9.17, 15) is 0 Å². The molecule has 0 rings (SSSR count). The Morgan fingerprint density at radius 2 is 2.00 bits per heavy atom. The van der Waals surface area contributed by atoms with E-state index in [1.807, 2.05) is 6.92 Å². The third-order valence-electron chi connectivity index (χ3n) is 2.30. The van der Waals surface area contributed by atoms with Gasteiger partial charge in [0.15, 0.2) is 0 Å². The van der Waals surface area contributed by atoms with Gasteiger partial charge in [-0.1, -0.05) is 0 Å². The molecule has 0 aromatic heterocycles. The fraction of sp³-hybridized carbons (Fsp3) is 1.00. The van der Waals surface area contributed by atoms with Crippen molar-refractivity contribution >= 4 is 26.6 Å². The summed E-state index contributed by atoms with van der Waals surface area (Å²) in [7, 11) is 6.44. The average Bonchev–Trinajstić information content (AvgIpc) is 2.02. The molecule has 14 heavy (non-hydrogen) atoms. The van der Waals surface area contributed by atoms with Crippen LogP contribution in [0.3, 0.4) is 0 Å². The van der Waals surface area contributed by atoms with Crippen molar-refractivity contribution in [3.8, 4) is 0 Å². The predicted molar refractivity (Wildman–Crippen MR) is 66.0 cm³/mol. The van der Waals surface area contributed by atoms with Crippen LogP contribution in [0.5, 0.6) is 0 Å². The summed E-state index contributed by atoms with van der Waals surface area (Å²) in [5.41, 5.74) is 5.69. The fourth-order valence-corrected chi connectivity index (χ4v) is 8.81. The molecule has 0 saturated heterocycles. The van der Waals surface area contributed by atoms with Gasteiger partial charge in [-0.3, -0.25) is 0 Å². The Kier molecular flexibility index (Phi) is 7.84. The molecule has 3 atom stereocenters. The maximum atomic E-state index is 6.44. The molecule has 2 nitrogen and oxygen atoms in total. The van der Waals surface area contributed by atoms with Gasteiger partial charge in [0.25, 0.3) is 0 Å². The maximum absolute atomic E-state index is 6.44. The third kappa shape index (κ3) is 8.33. The van der Waals surface area contributed by atoms with Gasteiger partial charge in [0, 0.05) is 0 Å². The van der Waals surface area contributed by atoms with Gasteiger partial charge in [-0.15, -0.1) is 0 Å². The van der Waals surface area contributed by atoms with Crippen LogP contribution in [0, 0.1) is 0 Å². The first-order chi connectivity index (χ1) is 6.37. The van der Waals surface area contributed by atoms with E-state index in [1.54, 1.807) is 0 Å². The summed E-state index contributed by atoms with van der Waals surface area (Å²) in [5.74, 6) is 0. The van der Waals surface area contributed by atoms with Crippen molar-refractivity contribution in [1.82, 2.24) is 0 Å². The predicted octanol–water partition coefficient (Wildman–Crippen LogP) is 3.24. The molecule has 0 fully saturated rings. The van der Waals surface area contributed by atoms with Crippen molar-refractivity contribution in [3.05, 3.63) is 0 Å². The molecule has 0 aliphatic heterocycles. The van der Waals surface area contributed by atoms with Crippen LogP contribution in [0.4, 0.5) is 0 Å². The second-order valence-corrected chi connectivity index (χ2v) is 18.1. The van der Waals surface area contributed by atoms with E-state index in [4.69, 9.17) is 17.7 Å². The molecule has 0 aromatic rings. The molecule has 2 N–H and O–H groups in total. The van der Waals surface area contributed by atoms with E-state index >= 15 is 0 Å². The monoisotopic (exact) mass is 329 g/mol. The normalized spacial score (nSPS) is 20.1. The minimum atomic E-state index is -2.66. The zero-order chi connectivity index (χ0) is 11.2. The quantitative estimate of drug-likeness (QED) is 0.728. The van der Waals surface area contributed by atoms with Crippen molar-refractivity contribution < 1.29 is 3.07 Å². The van der Waals surface area contributed by atoms with Crippen LogP contribution in [0.15, 0.2) is 0 Å². The Morgan fingerprint density at radius 3 is 2.43 bits per heavy atom. The SMILES string of the molecule is CCC(C)[O][Sn]([CH3])([Cl])[CH2]CCC(C)N.